The van der Waals surface area contributed by atoms with Crippen LogP contribution in [0.4, 0.5) is 0 Å². The zero-order valence-electron chi connectivity index (χ0n) is 12.8. The van der Waals surface area contributed by atoms with Crippen LogP contribution in [-0.4, -0.2) is 48.3 Å². The summed E-state index contributed by atoms with van der Waals surface area (Å²) in [6.45, 7) is 1.70. The van der Waals surface area contributed by atoms with Crippen molar-refractivity contribution in [1.29, 1.82) is 0 Å². The van der Waals surface area contributed by atoms with Gasteiger partial charge in [0.25, 0.3) is 0 Å². The fourth-order valence-electron chi connectivity index (χ4n) is 1.86. The van der Waals surface area contributed by atoms with Gasteiger partial charge < -0.3 is 28.4 Å². The van der Waals surface area contributed by atoms with E-state index in [1.807, 2.05) is 0 Å². The molecule has 0 aromatic heterocycles. The first-order valence-electron chi connectivity index (χ1n) is 6.13. The highest BCUT2D eigenvalue weighted by atomic mass is 16.7. The Bertz CT molecular complexity index is 485. The number of ether oxygens (including phenoxy) is 6. The van der Waals surface area contributed by atoms with E-state index in [0.717, 1.165) is 0 Å². The van der Waals surface area contributed by atoms with Crippen molar-refractivity contribution in [3.63, 3.8) is 0 Å². The number of hydrogen-bond donors (Lipinski definition) is 0. The maximum absolute atomic E-state index is 11.4. The maximum Gasteiger partial charge on any atom is 0.208 e. The predicted octanol–water partition coefficient (Wildman–Crippen LogP) is 1.79. The van der Waals surface area contributed by atoms with Crippen LogP contribution in [0.2, 0.25) is 0 Å². The van der Waals surface area contributed by atoms with E-state index in [1.54, 1.807) is 6.92 Å². The van der Waals surface area contributed by atoms with E-state index in [0.29, 0.717) is 28.9 Å². The molecular weight excluding hydrogens is 280 g/mol. The molecule has 0 aliphatic heterocycles. The lowest BCUT2D eigenvalue weighted by Crippen LogP contribution is -2.09. The molecule has 7 heteroatoms. The number of carbonyl (C=O) groups excluding carboxylic acids is 1. The van der Waals surface area contributed by atoms with E-state index in [2.05, 4.69) is 0 Å². The number of hydrogen-bond acceptors (Lipinski definition) is 7. The van der Waals surface area contributed by atoms with Crippen molar-refractivity contribution in [2.45, 2.75) is 6.92 Å². The van der Waals surface area contributed by atoms with Crippen LogP contribution in [0.25, 0.3) is 0 Å². The number of aldehydes is 1. The van der Waals surface area contributed by atoms with Gasteiger partial charge >= 0.3 is 0 Å². The van der Waals surface area contributed by atoms with Crippen molar-refractivity contribution in [3.8, 4) is 23.0 Å². The van der Waals surface area contributed by atoms with Gasteiger partial charge in [-0.05, 0) is 6.92 Å². The van der Waals surface area contributed by atoms with Crippen LogP contribution in [0.5, 0.6) is 23.0 Å². The molecule has 7 nitrogen and oxygen atoms in total. The van der Waals surface area contributed by atoms with Gasteiger partial charge in [-0.2, -0.15) is 0 Å². The summed E-state index contributed by atoms with van der Waals surface area (Å²) < 4.78 is 31.3. The molecule has 0 aliphatic carbocycles. The molecule has 0 N–H and O–H groups in total. The van der Waals surface area contributed by atoms with E-state index in [9.17, 15) is 4.79 Å². The Morgan fingerprint density at radius 3 is 1.71 bits per heavy atom. The number of benzene rings is 1. The van der Waals surface area contributed by atoms with Crippen molar-refractivity contribution in [2.75, 3.05) is 42.0 Å². The summed E-state index contributed by atoms with van der Waals surface area (Å²) >= 11 is 0. The first kappa shape index (κ1) is 17.1. The first-order chi connectivity index (χ1) is 10.2. The first-order valence-corrected chi connectivity index (χ1v) is 6.13. The molecule has 0 aliphatic rings. The molecule has 1 rings (SSSR count). The molecule has 0 atom stereocenters. The minimum Gasteiger partial charge on any atom is -0.490 e. The van der Waals surface area contributed by atoms with Gasteiger partial charge in [-0.3, -0.25) is 4.79 Å². The lowest BCUT2D eigenvalue weighted by molar-refractivity contribution is 0.0439. The average molecular weight is 300 g/mol. The third kappa shape index (κ3) is 3.56. The Morgan fingerprint density at radius 2 is 1.29 bits per heavy atom. The van der Waals surface area contributed by atoms with Crippen LogP contribution in [0.15, 0.2) is 0 Å². The van der Waals surface area contributed by atoms with Gasteiger partial charge in [-0.1, -0.05) is 0 Å². The van der Waals surface area contributed by atoms with Gasteiger partial charge in [-0.15, -0.1) is 0 Å². The summed E-state index contributed by atoms with van der Waals surface area (Å²) in [5.74, 6) is 1.19. The van der Waals surface area contributed by atoms with Crippen LogP contribution in [0.3, 0.4) is 0 Å². The zero-order chi connectivity index (χ0) is 15.8. The van der Waals surface area contributed by atoms with E-state index in [-0.39, 0.29) is 25.1 Å². The molecule has 0 fully saturated rings. The third-order valence-electron chi connectivity index (χ3n) is 2.78. The maximum atomic E-state index is 11.4. The van der Waals surface area contributed by atoms with Crippen LogP contribution >= 0.6 is 0 Å². The van der Waals surface area contributed by atoms with Gasteiger partial charge in [0.1, 0.15) is 0 Å². The van der Waals surface area contributed by atoms with Gasteiger partial charge in [0.15, 0.2) is 31.4 Å². The molecule has 0 saturated carbocycles. The molecule has 0 bridgehead atoms. The molecule has 0 heterocycles. The highest BCUT2D eigenvalue weighted by Crippen LogP contribution is 2.48. The van der Waals surface area contributed by atoms with Crippen LogP contribution in [-0.2, 0) is 9.47 Å². The smallest absolute Gasteiger partial charge is 0.208 e. The lowest BCUT2D eigenvalue weighted by Gasteiger charge is -2.20. The Labute approximate surface area is 123 Å². The minimum atomic E-state index is -0.0297. The molecular formula is C14H20O7. The standard InChI is InChI=1S/C14H20O7/c1-9-10(6-15)12(21-8-17-3)14(19-5)13(18-4)11(9)20-7-16-2/h6H,7-8H2,1-5H3. The van der Waals surface area contributed by atoms with E-state index >= 15 is 0 Å². The van der Waals surface area contributed by atoms with Gasteiger partial charge in [-0.25, -0.2) is 0 Å². The number of rotatable bonds is 9. The Morgan fingerprint density at radius 1 is 0.810 bits per heavy atom. The van der Waals surface area contributed by atoms with Gasteiger partial charge in [0, 0.05) is 19.8 Å². The van der Waals surface area contributed by atoms with Gasteiger partial charge in [0.2, 0.25) is 11.5 Å². The summed E-state index contributed by atoms with van der Waals surface area (Å²) in [5, 5.41) is 0. The van der Waals surface area contributed by atoms with Crippen molar-refractivity contribution >= 4 is 6.29 Å². The highest BCUT2D eigenvalue weighted by Gasteiger charge is 2.26. The lowest BCUT2D eigenvalue weighted by atomic mass is 10.1. The fourth-order valence-corrected chi connectivity index (χ4v) is 1.86. The Hall–Kier alpha value is -1.99. The summed E-state index contributed by atoms with van der Waals surface area (Å²) in [4.78, 5) is 11.4. The molecule has 1 aromatic rings. The monoisotopic (exact) mass is 300 g/mol. The topological polar surface area (TPSA) is 72.5 Å². The van der Waals surface area contributed by atoms with E-state index in [4.69, 9.17) is 28.4 Å². The molecule has 0 unspecified atom stereocenters. The molecule has 0 radical (unpaired) electrons. The van der Waals surface area contributed by atoms with Crippen molar-refractivity contribution in [2.24, 2.45) is 0 Å². The molecule has 0 spiro atoms. The fraction of sp³-hybridized carbons (Fsp3) is 0.500. The Kier molecular flexibility index (Phi) is 6.77. The second-order valence-electron chi connectivity index (χ2n) is 3.98. The predicted molar refractivity (Wildman–Crippen MR) is 74.7 cm³/mol. The molecule has 118 valence electrons. The van der Waals surface area contributed by atoms with Crippen molar-refractivity contribution < 1.29 is 33.2 Å². The third-order valence-corrected chi connectivity index (χ3v) is 2.78. The van der Waals surface area contributed by atoms with Crippen LogP contribution in [0.1, 0.15) is 15.9 Å². The Balaban J connectivity index is 3.50. The summed E-state index contributed by atoms with van der Waals surface area (Å²) in [6.07, 6.45) is 0.669. The van der Waals surface area contributed by atoms with E-state index < -0.39 is 0 Å². The van der Waals surface area contributed by atoms with Crippen LogP contribution in [0, 0.1) is 6.92 Å². The van der Waals surface area contributed by atoms with Gasteiger partial charge in [0.05, 0.1) is 19.8 Å². The minimum absolute atomic E-state index is 0.0108. The average Bonchev–Trinajstić information content (AvgIpc) is 2.50. The molecule has 21 heavy (non-hydrogen) atoms. The van der Waals surface area contributed by atoms with Crippen molar-refractivity contribution in [3.05, 3.63) is 11.1 Å². The summed E-state index contributed by atoms with van der Waals surface area (Å²) in [7, 11) is 5.89. The normalized spacial score (nSPS) is 10.1. The molecule has 0 amide bonds. The summed E-state index contributed by atoms with van der Waals surface area (Å²) in [6, 6.07) is 0. The SMILES string of the molecule is COCOc1c(C)c(C=O)c(OCOC)c(OC)c1OC. The highest BCUT2D eigenvalue weighted by molar-refractivity contribution is 5.87. The second-order valence-corrected chi connectivity index (χ2v) is 3.98. The number of methoxy groups -OCH3 is 4. The zero-order valence-corrected chi connectivity index (χ0v) is 12.8. The largest absolute Gasteiger partial charge is 0.490 e. The van der Waals surface area contributed by atoms with Crippen molar-refractivity contribution in [1.82, 2.24) is 0 Å². The van der Waals surface area contributed by atoms with Crippen LogP contribution < -0.4 is 18.9 Å². The summed E-state index contributed by atoms with van der Waals surface area (Å²) in [5.41, 5.74) is 0.863. The second kappa shape index (κ2) is 8.33. The molecule has 0 saturated heterocycles. The van der Waals surface area contributed by atoms with E-state index in [1.165, 1.54) is 28.4 Å². The molecule has 1 aromatic carbocycles. The quantitative estimate of drug-likeness (QED) is 0.508. The number of carbonyl (C=O) groups is 1.